The Bertz CT molecular complexity index is 168. The van der Waals surface area contributed by atoms with Crippen molar-refractivity contribution in [2.24, 2.45) is 11.7 Å². The lowest BCUT2D eigenvalue weighted by Gasteiger charge is -2.07. The molecule has 4 heteroatoms. The van der Waals surface area contributed by atoms with Gasteiger partial charge in [0.2, 0.25) is 11.8 Å². The van der Waals surface area contributed by atoms with Crippen LogP contribution in [0.1, 0.15) is 20.3 Å². The summed E-state index contributed by atoms with van der Waals surface area (Å²) in [6.07, 6.45) is 2.19. The highest BCUT2D eigenvalue weighted by molar-refractivity contribution is 5.74. The zero-order valence-electron chi connectivity index (χ0n) is 7.46. The van der Waals surface area contributed by atoms with E-state index < -0.39 is 0 Å². The molecule has 0 bridgehead atoms. The molecular formula is C8H15N2O2. The molecule has 0 fully saturated rings. The van der Waals surface area contributed by atoms with E-state index in [2.05, 4.69) is 5.32 Å². The van der Waals surface area contributed by atoms with Crippen molar-refractivity contribution in [3.8, 4) is 0 Å². The average molecular weight is 171 g/mol. The average Bonchev–Trinajstić information content (AvgIpc) is 1.84. The first-order valence-electron chi connectivity index (χ1n) is 3.88. The number of carbonyl (C=O) groups is 2. The molecule has 0 aliphatic carbocycles. The number of hydrogen-bond acceptors (Lipinski definition) is 2. The van der Waals surface area contributed by atoms with Gasteiger partial charge < -0.3 is 11.1 Å². The molecule has 0 aromatic heterocycles. The van der Waals surface area contributed by atoms with Crippen LogP contribution >= 0.6 is 0 Å². The molecule has 0 saturated carbocycles. The summed E-state index contributed by atoms with van der Waals surface area (Å²) in [5.74, 6) is -0.270. The van der Waals surface area contributed by atoms with Crippen molar-refractivity contribution in [2.45, 2.75) is 20.3 Å². The highest BCUT2D eigenvalue weighted by Gasteiger charge is 2.05. The van der Waals surface area contributed by atoms with E-state index in [0.717, 1.165) is 0 Å². The van der Waals surface area contributed by atoms with Gasteiger partial charge in [0.1, 0.15) is 0 Å². The summed E-state index contributed by atoms with van der Waals surface area (Å²) in [7, 11) is 0. The Balaban J connectivity index is 3.37. The fourth-order valence-corrected chi connectivity index (χ4v) is 0.805. The quantitative estimate of drug-likeness (QED) is 0.603. The second-order valence-electron chi connectivity index (χ2n) is 2.82. The van der Waals surface area contributed by atoms with Crippen LogP contribution < -0.4 is 11.1 Å². The fraction of sp³-hybridized carbons (Fsp3) is 0.625. The molecule has 4 nitrogen and oxygen atoms in total. The molecule has 0 aromatic carbocycles. The molecule has 0 aliphatic heterocycles. The minimum atomic E-state index is -0.318. The van der Waals surface area contributed by atoms with E-state index in [1.54, 1.807) is 0 Å². The van der Waals surface area contributed by atoms with E-state index >= 15 is 0 Å². The minimum Gasteiger partial charge on any atom is -0.370 e. The van der Waals surface area contributed by atoms with Gasteiger partial charge in [-0.25, -0.2) is 0 Å². The maximum absolute atomic E-state index is 10.4. The third-order valence-corrected chi connectivity index (χ3v) is 1.39. The van der Waals surface area contributed by atoms with E-state index in [9.17, 15) is 9.59 Å². The topological polar surface area (TPSA) is 72.2 Å². The maximum Gasteiger partial charge on any atom is 0.217 e. The van der Waals surface area contributed by atoms with Crippen molar-refractivity contribution in [3.63, 3.8) is 0 Å². The number of primary amides is 1. The predicted molar refractivity (Wildman–Crippen MR) is 46.0 cm³/mol. The van der Waals surface area contributed by atoms with Gasteiger partial charge in [0.05, 0.1) is 0 Å². The molecule has 0 aromatic rings. The zero-order valence-corrected chi connectivity index (χ0v) is 7.46. The van der Waals surface area contributed by atoms with E-state index in [1.807, 2.05) is 13.3 Å². The second kappa shape index (κ2) is 5.57. The van der Waals surface area contributed by atoms with E-state index in [4.69, 9.17) is 5.73 Å². The van der Waals surface area contributed by atoms with Crippen molar-refractivity contribution >= 4 is 11.8 Å². The first kappa shape index (κ1) is 10.9. The van der Waals surface area contributed by atoms with Crippen LogP contribution in [0.3, 0.4) is 0 Å². The summed E-state index contributed by atoms with van der Waals surface area (Å²) in [6, 6.07) is 0. The van der Waals surface area contributed by atoms with E-state index in [-0.39, 0.29) is 17.7 Å². The van der Waals surface area contributed by atoms with Crippen molar-refractivity contribution in [2.75, 3.05) is 6.54 Å². The summed E-state index contributed by atoms with van der Waals surface area (Å²) in [5, 5.41) is 2.60. The molecule has 0 unspecified atom stereocenters. The first-order chi connectivity index (χ1) is 5.52. The number of rotatable bonds is 5. The second-order valence-corrected chi connectivity index (χ2v) is 2.82. The lowest BCUT2D eigenvalue weighted by molar-refractivity contribution is -0.119. The fourth-order valence-electron chi connectivity index (χ4n) is 0.805. The van der Waals surface area contributed by atoms with Crippen LogP contribution in [0.2, 0.25) is 0 Å². The lowest BCUT2D eigenvalue weighted by Crippen LogP contribution is -2.24. The highest BCUT2D eigenvalue weighted by Crippen LogP contribution is 2.03. The number of nitrogens with one attached hydrogen (secondary N) is 1. The largest absolute Gasteiger partial charge is 0.370 e. The van der Waals surface area contributed by atoms with Crippen LogP contribution in [0.4, 0.5) is 0 Å². The molecule has 0 aliphatic rings. The number of hydrogen-bond donors (Lipinski definition) is 2. The Morgan fingerprint density at radius 1 is 1.58 bits per heavy atom. The van der Waals surface area contributed by atoms with Crippen LogP contribution in [-0.2, 0) is 9.59 Å². The van der Waals surface area contributed by atoms with E-state index in [0.29, 0.717) is 13.0 Å². The van der Waals surface area contributed by atoms with Gasteiger partial charge in [0, 0.05) is 19.9 Å². The number of carbonyl (C=O) groups excluding carboxylic acids is 2. The molecule has 69 valence electrons. The van der Waals surface area contributed by atoms with Gasteiger partial charge in [-0.3, -0.25) is 9.59 Å². The van der Waals surface area contributed by atoms with Crippen molar-refractivity contribution < 1.29 is 9.59 Å². The molecule has 0 rings (SSSR count). The van der Waals surface area contributed by atoms with Gasteiger partial charge in [0.15, 0.2) is 0 Å². The van der Waals surface area contributed by atoms with Crippen LogP contribution in [0.25, 0.3) is 0 Å². The monoisotopic (exact) mass is 171 g/mol. The van der Waals surface area contributed by atoms with Gasteiger partial charge in [-0.1, -0.05) is 6.92 Å². The van der Waals surface area contributed by atoms with Crippen molar-refractivity contribution in [1.82, 2.24) is 5.32 Å². The molecule has 12 heavy (non-hydrogen) atoms. The standard InChI is InChI=1S/C8H15N2O2/c1-6(5-8(9)12)3-4-10-7(2)11/h3,6H,4-5H2,1-2H3,(H2,9,12)(H,10,11)/t6-/m0/s1. The molecule has 2 amide bonds. The Labute approximate surface area is 72.5 Å². The van der Waals surface area contributed by atoms with Crippen molar-refractivity contribution in [3.05, 3.63) is 6.42 Å². The maximum atomic E-state index is 10.4. The molecule has 0 spiro atoms. The molecular weight excluding hydrogens is 156 g/mol. The lowest BCUT2D eigenvalue weighted by atomic mass is 10.0. The Kier molecular flexibility index (Phi) is 5.08. The van der Waals surface area contributed by atoms with Gasteiger partial charge >= 0.3 is 0 Å². The van der Waals surface area contributed by atoms with Crippen LogP contribution in [-0.4, -0.2) is 18.4 Å². The molecule has 0 heterocycles. The Morgan fingerprint density at radius 3 is 2.58 bits per heavy atom. The third-order valence-electron chi connectivity index (χ3n) is 1.39. The summed E-state index contributed by atoms with van der Waals surface area (Å²) in [6.45, 7) is 3.82. The summed E-state index contributed by atoms with van der Waals surface area (Å²) >= 11 is 0. The molecule has 0 saturated heterocycles. The smallest absolute Gasteiger partial charge is 0.217 e. The van der Waals surface area contributed by atoms with Gasteiger partial charge in [-0.05, 0) is 12.3 Å². The number of amides is 2. The Morgan fingerprint density at radius 2 is 2.17 bits per heavy atom. The van der Waals surface area contributed by atoms with Crippen LogP contribution in [0.15, 0.2) is 0 Å². The van der Waals surface area contributed by atoms with Crippen LogP contribution in [0, 0.1) is 12.3 Å². The van der Waals surface area contributed by atoms with Gasteiger partial charge in [-0.15, -0.1) is 0 Å². The highest BCUT2D eigenvalue weighted by atomic mass is 16.1. The summed E-state index contributed by atoms with van der Waals surface area (Å²) in [5.41, 5.74) is 4.98. The summed E-state index contributed by atoms with van der Waals surface area (Å²) in [4.78, 5) is 20.8. The SMILES string of the molecule is CC(=O)NC[CH][C@H](C)CC(N)=O. The summed E-state index contributed by atoms with van der Waals surface area (Å²) < 4.78 is 0. The minimum absolute atomic E-state index is 0.0717. The third kappa shape index (κ3) is 7.05. The molecule has 1 radical (unpaired) electrons. The molecule has 3 N–H and O–H groups in total. The zero-order chi connectivity index (χ0) is 9.56. The Hall–Kier alpha value is -1.06. The van der Waals surface area contributed by atoms with Gasteiger partial charge in [-0.2, -0.15) is 0 Å². The molecule has 1 atom stereocenters. The normalized spacial score (nSPS) is 12.2. The number of nitrogens with two attached hydrogens (primary N) is 1. The van der Waals surface area contributed by atoms with Crippen LogP contribution in [0.5, 0.6) is 0 Å². The first-order valence-corrected chi connectivity index (χ1v) is 3.88. The predicted octanol–water partition coefficient (Wildman–Crippen LogP) is -0.162. The van der Waals surface area contributed by atoms with E-state index in [1.165, 1.54) is 6.92 Å². The van der Waals surface area contributed by atoms with Crippen molar-refractivity contribution in [1.29, 1.82) is 0 Å². The van der Waals surface area contributed by atoms with Gasteiger partial charge in [0.25, 0.3) is 0 Å².